The first-order valence-electron chi connectivity index (χ1n) is 2.15. The molecule has 1 aliphatic rings. The molecule has 0 unspecified atom stereocenters. The number of hydrogen-bond donors (Lipinski definition) is 0. The van der Waals surface area contributed by atoms with Gasteiger partial charge in [-0.3, -0.25) is 0 Å². The van der Waals surface area contributed by atoms with Crippen LogP contribution in [0.2, 0.25) is 0 Å². The first kappa shape index (κ1) is 3.66. The van der Waals surface area contributed by atoms with Gasteiger partial charge in [0.05, 0.1) is 0 Å². The Morgan fingerprint density at radius 3 is 2.00 bits per heavy atom. The number of allylic oxidation sites excluding steroid dienone is 3. The summed E-state index contributed by atoms with van der Waals surface area (Å²) >= 11 is 0. The molecule has 0 amide bonds. The third-order valence-electron chi connectivity index (χ3n) is 0.927. The molecule has 0 saturated carbocycles. The molecule has 0 saturated heterocycles. The van der Waals surface area contributed by atoms with Crippen molar-refractivity contribution in [2.75, 3.05) is 0 Å². The van der Waals surface area contributed by atoms with Gasteiger partial charge in [0, 0.05) is 0 Å². The van der Waals surface area contributed by atoms with Crippen molar-refractivity contribution >= 4 is 0 Å². The van der Waals surface area contributed by atoms with Gasteiger partial charge in [0.2, 0.25) is 0 Å². The zero-order valence-electron chi connectivity index (χ0n) is 3.65. The molecule has 1 rings (SSSR count). The van der Waals surface area contributed by atoms with Crippen LogP contribution in [-0.2, 0) is 0 Å². The monoisotopic (exact) mass is 79.1 g/mol. The molecule has 1 aliphatic carbocycles. The van der Waals surface area contributed by atoms with E-state index in [-0.39, 0.29) is 0 Å². The minimum Gasteiger partial charge on any atom is -0.0841 e. The van der Waals surface area contributed by atoms with Gasteiger partial charge in [0.15, 0.2) is 0 Å². The van der Waals surface area contributed by atoms with Crippen molar-refractivity contribution in [3.05, 3.63) is 24.3 Å². The Bertz CT molecular complexity index is 78.2. The average molecular weight is 79.1 g/mol. The molecule has 0 aromatic carbocycles. The Kier molecular flexibility index (Phi) is 0.789. The standard InChI is InChI=1S/C6H7/c1-6-4-2-3-5-6/h1-3H,4-5H2. The fraction of sp³-hybridized carbons (Fsp3) is 0.333. The smallest absolute Gasteiger partial charge is 0.0132 e. The second-order valence-corrected chi connectivity index (χ2v) is 1.54. The van der Waals surface area contributed by atoms with Crippen molar-refractivity contribution in [3.8, 4) is 0 Å². The first-order chi connectivity index (χ1) is 2.89. The fourth-order valence-corrected chi connectivity index (χ4v) is 0.553. The highest BCUT2D eigenvalue weighted by Crippen LogP contribution is 2.12. The van der Waals surface area contributed by atoms with Crippen LogP contribution in [0.1, 0.15) is 12.8 Å². The molecule has 0 nitrogen and oxygen atoms in total. The summed E-state index contributed by atoms with van der Waals surface area (Å²) in [6.45, 7) is 5.39. The van der Waals surface area contributed by atoms with Gasteiger partial charge in [-0.25, -0.2) is 0 Å². The molecular formula is C6H7. The Balaban J connectivity index is 2.52. The van der Waals surface area contributed by atoms with E-state index in [2.05, 4.69) is 12.2 Å². The van der Waals surface area contributed by atoms with E-state index in [0.717, 1.165) is 18.4 Å². The summed E-state index contributed by atoms with van der Waals surface area (Å²) in [6, 6.07) is 0. The molecule has 0 atom stereocenters. The fourth-order valence-electron chi connectivity index (χ4n) is 0.553. The highest BCUT2D eigenvalue weighted by atomic mass is 14.0. The van der Waals surface area contributed by atoms with Gasteiger partial charge in [-0.15, -0.1) is 0 Å². The highest BCUT2D eigenvalue weighted by Gasteiger charge is 1.92. The summed E-state index contributed by atoms with van der Waals surface area (Å²) in [5.41, 5.74) is 1.09. The Morgan fingerprint density at radius 2 is 1.83 bits per heavy atom. The van der Waals surface area contributed by atoms with Crippen LogP contribution in [0.4, 0.5) is 0 Å². The lowest BCUT2D eigenvalue weighted by atomic mass is 10.3. The molecule has 0 heterocycles. The number of rotatable bonds is 0. The minimum atomic E-state index is 1.00. The van der Waals surface area contributed by atoms with Crippen LogP contribution in [0, 0.1) is 6.58 Å². The van der Waals surface area contributed by atoms with Crippen LogP contribution in [0.5, 0.6) is 0 Å². The van der Waals surface area contributed by atoms with Gasteiger partial charge in [0.25, 0.3) is 0 Å². The van der Waals surface area contributed by atoms with E-state index in [4.69, 9.17) is 6.58 Å². The lowest BCUT2D eigenvalue weighted by Gasteiger charge is -1.80. The van der Waals surface area contributed by atoms with Gasteiger partial charge in [0.1, 0.15) is 0 Å². The molecule has 0 N–H and O–H groups in total. The molecule has 0 aromatic heterocycles. The van der Waals surface area contributed by atoms with Gasteiger partial charge in [-0.05, 0) is 12.8 Å². The van der Waals surface area contributed by atoms with E-state index in [9.17, 15) is 0 Å². The molecule has 0 bridgehead atoms. The SMILES string of the molecule is [CH]=C1CC=CC1. The molecular weight excluding hydrogens is 72.1 g/mol. The average Bonchev–Trinajstić information content (AvgIpc) is 1.86. The van der Waals surface area contributed by atoms with E-state index in [1.165, 1.54) is 0 Å². The summed E-state index contributed by atoms with van der Waals surface area (Å²) in [6.07, 6.45) is 6.19. The zero-order chi connectivity index (χ0) is 4.41. The Hall–Kier alpha value is -0.520. The summed E-state index contributed by atoms with van der Waals surface area (Å²) in [7, 11) is 0. The summed E-state index contributed by atoms with van der Waals surface area (Å²) in [5, 5.41) is 0. The van der Waals surface area contributed by atoms with Crippen molar-refractivity contribution in [1.29, 1.82) is 0 Å². The molecule has 6 heavy (non-hydrogen) atoms. The lowest BCUT2D eigenvalue weighted by molar-refractivity contribution is 1.20. The maximum Gasteiger partial charge on any atom is -0.0132 e. The Labute approximate surface area is 38.2 Å². The van der Waals surface area contributed by atoms with E-state index < -0.39 is 0 Å². The molecule has 0 heteroatoms. The first-order valence-corrected chi connectivity index (χ1v) is 2.15. The molecule has 0 aromatic rings. The lowest BCUT2D eigenvalue weighted by Crippen LogP contribution is -1.61. The van der Waals surface area contributed by atoms with E-state index in [0.29, 0.717) is 0 Å². The zero-order valence-corrected chi connectivity index (χ0v) is 3.65. The highest BCUT2D eigenvalue weighted by molar-refractivity contribution is 5.12. The topological polar surface area (TPSA) is 0 Å². The Morgan fingerprint density at radius 1 is 1.33 bits per heavy atom. The van der Waals surface area contributed by atoms with Gasteiger partial charge in [-0.1, -0.05) is 24.3 Å². The van der Waals surface area contributed by atoms with Crippen molar-refractivity contribution in [3.63, 3.8) is 0 Å². The predicted octanol–water partition coefficient (Wildman–Crippen LogP) is 1.70. The molecule has 1 radical (unpaired) electrons. The maximum absolute atomic E-state index is 5.39. The summed E-state index contributed by atoms with van der Waals surface area (Å²) in [4.78, 5) is 0. The van der Waals surface area contributed by atoms with Crippen molar-refractivity contribution in [1.82, 2.24) is 0 Å². The second kappa shape index (κ2) is 1.29. The van der Waals surface area contributed by atoms with Crippen LogP contribution >= 0.6 is 0 Å². The van der Waals surface area contributed by atoms with Gasteiger partial charge < -0.3 is 0 Å². The number of hydrogen-bond acceptors (Lipinski definition) is 0. The van der Waals surface area contributed by atoms with E-state index in [1.807, 2.05) is 0 Å². The van der Waals surface area contributed by atoms with Crippen LogP contribution in [-0.4, -0.2) is 0 Å². The minimum absolute atomic E-state index is 1.00. The van der Waals surface area contributed by atoms with Crippen molar-refractivity contribution in [2.24, 2.45) is 0 Å². The van der Waals surface area contributed by atoms with Crippen LogP contribution in [0.25, 0.3) is 0 Å². The predicted molar refractivity (Wildman–Crippen MR) is 26.2 cm³/mol. The van der Waals surface area contributed by atoms with E-state index in [1.54, 1.807) is 0 Å². The molecule has 0 fully saturated rings. The second-order valence-electron chi connectivity index (χ2n) is 1.54. The van der Waals surface area contributed by atoms with Crippen LogP contribution in [0.15, 0.2) is 17.7 Å². The maximum atomic E-state index is 5.39. The molecule has 0 spiro atoms. The van der Waals surface area contributed by atoms with Crippen LogP contribution in [0.3, 0.4) is 0 Å². The largest absolute Gasteiger partial charge is 0.0841 e. The van der Waals surface area contributed by atoms with Gasteiger partial charge in [-0.2, -0.15) is 0 Å². The van der Waals surface area contributed by atoms with Crippen LogP contribution < -0.4 is 0 Å². The molecule has 31 valence electrons. The molecule has 0 aliphatic heterocycles. The summed E-state index contributed by atoms with van der Waals surface area (Å²) < 4.78 is 0. The summed E-state index contributed by atoms with van der Waals surface area (Å²) in [5.74, 6) is 0. The van der Waals surface area contributed by atoms with Crippen molar-refractivity contribution < 1.29 is 0 Å². The van der Waals surface area contributed by atoms with Gasteiger partial charge >= 0.3 is 0 Å². The third-order valence-corrected chi connectivity index (χ3v) is 0.927. The third kappa shape index (κ3) is 0.510. The van der Waals surface area contributed by atoms with Crippen molar-refractivity contribution in [2.45, 2.75) is 12.8 Å². The normalized spacial score (nSPS) is 19.7. The quantitative estimate of drug-likeness (QED) is 0.388. The van der Waals surface area contributed by atoms with E-state index >= 15 is 0 Å².